The van der Waals surface area contributed by atoms with E-state index in [0.29, 0.717) is 12.5 Å². The van der Waals surface area contributed by atoms with Gasteiger partial charge in [-0.2, -0.15) is 0 Å². The minimum atomic E-state index is -0.0515. The first-order valence-electron chi connectivity index (χ1n) is 6.53. The van der Waals surface area contributed by atoms with E-state index in [2.05, 4.69) is 26.1 Å². The van der Waals surface area contributed by atoms with E-state index in [1.54, 1.807) is 0 Å². The Morgan fingerprint density at radius 3 is 2.29 bits per heavy atom. The Balaban J connectivity index is 2.48. The number of carbonyl (C=O) groups excluding carboxylic acids is 1. The summed E-state index contributed by atoms with van der Waals surface area (Å²) in [5.41, 5.74) is 5.91. The molecule has 0 radical (unpaired) electrons. The maximum Gasteiger partial charge on any atom is 0.226 e. The maximum atomic E-state index is 12.1. The molecule has 0 bridgehead atoms. The van der Waals surface area contributed by atoms with Crippen LogP contribution in [0.25, 0.3) is 0 Å². The van der Waals surface area contributed by atoms with Crippen LogP contribution in [-0.2, 0) is 9.53 Å². The van der Waals surface area contributed by atoms with Crippen molar-refractivity contribution < 1.29 is 9.53 Å². The highest BCUT2D eigenvalue weighted by molar-refractivity contribution is 5.79. The summed E-state index contributed by atoms with van der Waals surface area (Å²) in [4.78, 5) is 12.1. The number of carbonyl (C=O) groups is 1. The van der Waals surface area contributed by atoms with Gasteiger partial charge in [0.15, 0.2) is 0 Å². The molecule has 0 aromatic rings. The van der Waals surface area contributed by atoms with E-state index in [4.69, 9.17) is 10.5 Å². The van der Waals surface area contributed by atoms with Crippen LogP contribution in [-0.4, -0.2) is 30.7 Å². The molecule has 1 heterocycles. The maximum absolute atomic E-state index is 12.1. The average Bonchev–Trinajstić information content (AvgIpc) is 2.49. The molecule has 5 atom stereocenters. The van der Waals surface area contributed by atoms with Gasteiger partial charge in [-0.15, -0.1) is 0 Å². The van der Waals surface area contributed by atoms with Crippen LogP contribution < -0.4 is 11.1 Å². The summed E-state index contributed by atoms with van der Waals surface area (Å²) in [6.07, 6.45) is 0.148. The second-order valence-corrected chi connectivity index (χ2v) is 5.58. The van der Waals surface area contributed by atoms with Gasteiger partial charge < -0.3 is 15.8 Å². The molecule has 1 rings (SSSR count). The third kappa shape index (κ3) is 3.42. The van der Waals surface area contributed by atoms with Crippen LogP contribution in [0.4, 0.5) is 0 Å². The number of ether oxygens (including phenoxy) is 1. The van der Waals surface area contributed by atoms with Crippen LogP contribution >= 0.6 is 0 Å². The third-order valence-electron chi connectivity index (χ3n) is 3.91. The molecule has 3 N–H and O–H groups in total. The third-order valence-corrected chi connectivity index (χ3v) is 3.91. The lowest BCUT2D eigenvalue weighted by atomic mass is 9.88. The van der Waals surface area contributed by atoms with Gasteiger partial charge >= 0.3 is 0 Å². The molecular formula is C13H26N2O2. The number of nitrogens with two attached hydrogens (primary N) is 1. The number of rotatable bonds is 4. The molecule has 0 saturated carbocycles. The standard InChI is InChI=1S/C13H26N2O2/c1-7(2)11(14)6-15-13(16)12-8(3)9(4)17-10(12)5/h7-12H,6,14H2,1-5H3,(H,15,16). The minimum Gasteiger partial charge on any atom is -0.374 e. The van der Waals surface area contributed by atoms with Gasteiger partial charge in [-0.3, -0.25) is 4.79 Å². The fourth-order valence-corrected chi connectivity index (χ4v) is 2.29. The summed E-state index contributed by atoms with van der Waals surface area (Å²) >= 11 is 0. The van der Waals surface area contributed by atoms with Gasteiger partial charge in [0, 0.05) is 12.6 Å². The van der Waals surface area contributed by atoms with E-state index in [1.165, 1.54) is 0 Å². The van der Waals surface area contributed by atoms with Gasteiger partial charge in [-0.05, 0) is 25.7 Å². The second kappa shape index (κ2) is 5.83. The first-order chi connectivity index (χ1) is 7.84. The monoisotopic (exact) mass is 242 g/mol. The molecule has 1 aliphatic rings. The Kier molecular flexibility index (Phi) is 4.95. The van der Waals surface area contributed by atoms with Crippen molar-refractivity contribution in [1.82, 2.24) is 5.32 Å². The molecule has 0 aromatic heterocycles. The normalized spacial score (nSPS) is 35.0. The van der Waals surface area contributed by atoms with Gasteiger partial charge in [0.2, 0.25) is 5.91 Å². The topological polar surface area (TPSA) is 64.3 Å². The lowest BCUT2D eigenvalue weighted by Crippen LogP contribution is -2.44. The van der Waals surface area contributed by atoms with Crippen molar-refractivity contribution in [2.45, 2.75) is 52.9 Å². The van der Waals surface area contributed by atoms with Crippen LogP contribution in [0.1, 0.15) is 34.6 Å². The Morgan fingerprint density at radius 2 is 1.88 bits per heavy atom. The molecule has 4 heteroatoms. The molecule has 0 spiro atoms. The highest BCUT2D eigenvalue weighted by Gasteiger charge is 2.41. The van der Waals surface area contributed by atoms with Crippen LogP contribution in [0.15, 0.2) is 0 Å². The Labute approximate surface area is 104 Å². The van der Waals surface area contributed by atoms with Gasteiger partial charge in [0.25, 0.3) is 0 Å². The summed E-state index contributed by atoms with van der Waals surface area (Å²) in [5.74, 6) is 0.666. The molecular weight excluding hydrogens is 216 g/mol. The summed E-state index contributed by atoms with van der Waals surface area (Å²) in [6, 6.07) is 0.0179. The van der Waals surface area contributed by atoms with Gasteiger partial charge in [0.05, 0.1) is 18.1 Å². The molecule has 5 unspecified atom stereocenters. The van der Waals surface area contributed by atoms with Crippen LogP contribution in [0, 0.1) is 17.8 Å². The van der Waals surface area contributed by atoms with E-state index >= 15 is 0 Å². The number of hydrogen-bond donors (Lipinski definition) is 2. The molecule has 1 aliphatic heterocycles. The zero-order valence-corrected chi connectivity index (χ0v) is 11.6. The predicted octanol–water partition coefficient (Wildman–Crippen LogP) is 1.15. The van der Waals surface area contributed by atoms with Gasteiger partial charge in [-0.1, -0.05) is 20.8 Å². The molecule has 1 fully saturated rings. The lowest BCUT2D eigenvalue weighted by Gasteiger charge is -2.21. The van der Waals surface area contributed by atoms with Crippen LogP contribution in [0.2, 0.25) is 0 Å². The minimum absolute atomic E-state index is 0.00438. The Bertz CT molecular complexity index is 268. The van der Waals surface area contributed by atoms with E-state index in [-0.39, 0.29) is 36.0 Å². The molecule has 0 aliphatic carbocycles. The zero-order valence-electron chi connectivity index (χ0n) is 11.6. The summed E-state index contributed by atoms with van der Waals surface area (Å²) in [7, 11) is 0. The fraction of sp³-hybridized carbons (Fsp3) is 0.923. The van der Waals surface area contributed by atoms with Crippen molar-refractivity contribution in [2.24, 2.45) is 23.5 Å². The SMILES string of the molecule is CC(C)C(N)CNC(=O)C1C(C)OC(C)C1C. The van der Waals surface area contributed by atoms with Crippen molar-refractivity contribution in [3.05, 3.63) is 0 Å². The fourth-order valence-electron chi connectivity index (χ4n) is 2.29. The second-order valence-electron chi connectivity index (χ2n) is 5.58. The number of amides is 1. The predicted molar refractivity (Wildman–Crippen MR) is 68.5 cm³/mol. The summed E-state index contributed by atoms with van der Waals surface area (Å²) in [6.45, 7) is 10.7. The molecule has 17 heavy (non-hydrogen) atoms. The van der Waals surface area contributed by atoms with Gasteiger partial charge in [0.1, 0.15) is 0 Å². The summed E-state index contributed by atoms with van der Waals surface area (Å²) < 4.78 is 5.67. The molecule has 0 aromatic carbocycles. The first kappa shape index (κ1) is 14.5. The lowest BCUT2D eigenvalue weighted by molar-refractivity contribution is -0.127. The zero-order chi connectivity index (χ0) is 13.2. The highest BCUT2D eigenvalue weighted by atomic mass is 16.5. The molecule has 4 nitrogen and oxygen atoms in total. The Hall–Kier alpha value is -0.610. The number of nitrogens with one attached hydrogen (secondary N) is 1. The quantitative estimate of drug-likeness (QED) is 0.777. The average molecular weight is 242 g/mol. The first-order valence-corrected chi connectivity index (χ1v) is 6.53. The number of hydrogen-bond acceptors (Lipinski definition) is 3. The van der Waals surface area contributed by atoms with Crippen molar-refractivity contribution in [3.8, 4) is 0 Å². The van der Waals surface area contributed by atoms with E-state index in [9.17, 15) is 4.79 Å². The largest absolute Gasteiger partial charge is 0.374 e. The summed E-state index contributed by atoms with van der Waals surface area (Å²) in [5, 5.41) is 2.94. The Morgan fingerprint density at radius 1 is 1.29 bits per heavy atom. The smallest absolute Gasteiger partial charge is 0.226 e. The molecule has 100 valence electrons. The highest BCUT2D eigenvalue weighted by Crippen LogP contribution is 2.32. The van der Waals surface area contributed by atoms with E-state index < -0.39 is 0 Å². The molecule has 1 saturated heterocycles. The van der Waals surface area contributed by atoms with Crippen LogP contribution in [0.3, 0.4) is 0 Å². The van der Waals surface area contributed by atoms with Crippen molar-refractivity contribution >= 4 is 5.91 Å². The molecule has 1 amide bonds. The van der Waals surface area contributed by atoms with Crippen LogP contribution in [0.5, 0.6) is 0 Å². The van der Waals surface area contributed by atoms with E-state index in [0.717, 1.165) is 0 Å². The van der Waals surface area contributed by atoms with E-state index in [1.807, 2.05) is 13.8 Å². The van der Waals surface area contributed by atoms with Crippen molar-refractivity contribution in [3.63, 3.8) is 0 Å². The van der Waals surface area contributed by atoms with Gasteiger partial charge in [-0.25, -0.2) is 0 Å². The van der Waals surface area contributed by atoms with Crippen molar-refractivity contribution in [2.75, 3.05) is 6.54 Å². The van der Waals surface area contributed by atoms with Crippen molar-refractivity contribution in [1.29, 1.82) is 0 Å².